The number of oxazole rings is 1. The number of nitrogens with one attached hydrogen (secondary N) is 1. The number of hydrogen-bond donors (Lipinski definition) is 2. The first-order chi connectivity index (χ1) is 8.60. The summed E-state index contributed by atoms with van der Waals surface area (Å²) >= 11 is 0. The molecule has 6 heteroatoms. The summed E-state index contributed by atoms with van der Waals surface area (Å²) in [5.41, 5.74) is 1.57. The van der Waals surface area contributed by atoms with Gasteiger partial charge in [0.15, 0.2) is 5.69 Å². The molecule has 0 amide bonds. The molecule has 1 aromatic heterocycles. The van der Waals surface area contributed by atoms with Gasteiger partial charge in [0.05, 0.1) is 7.11 Å². The average molecular weight is 248 g/mol. The maximum atomic E-state index is 10.7. The van der Waals surface area contributed by atoms with Crippen LogP contribution in [0.5, 0.6) is 5.75 Å². The maximum absolute atomic E-state index is 10.7. The van der Waals surface area contributed by atoms with Gasteiger partial charge >= 0.3 is 5.97 Å². The number of methoxy groups -OCH3 is 1. The molecule has 94 valence electrons. The van der Waals surface area contributed by atoms with Crippen LogP contribution in [-0.4, -0.2) is 23.2 Å². The molecule has 0 unspecified atom stereocenters. The lowest BCUT2D eigenvalue weighted by Crippen LogP contribution is -1.98. The number of aryl methyl sites for hydroxylation is 1. The smallest absolute Gasteiger partial charge is 0.357 e. The van der Waals surface area contributed by atoms with Crippen molar-refractivity contribution in [2.75, 3.05) is 12.4 Å². The van der Waals surface area contributed by atoms with Gasteiger partial charge in [-0.15, -0.1) is 0 Å². The van der Waals surface area contributed by atoms with Gasteiger partial charge in [0.25, 0.3) is 6.01 Å². The number of hydrogen-bond acceptors (Lipinski definition) is 5. The van der Waals surface area contributed by atoms with Crippen LogP contribution in [0.25, 0.3) is 0 Å². The van der Waals surface area contributed by atoms with Crippen molar-refractivity contribution >= 4 is 17.7 Å². The van der Waals surface area contributed by atoms with Gasteiger partial charge in [-0.3, -0.25) is 0 Å². The third-order valence-corrected chi connectivity index (χ3v) is 2.40. The molecule has 2 aromatic rings. The van der Waals surface area contributed by atoms with Crippen molar-refractivity contribution in [2.24, 2.45) is 0 Å². The minimum atomic E-state index is -1.13. The van der Waals surface area contributed by atoms with E-state index in [2.05, 4.69) is 10.3 Å². The monoisotopic (exact) mass is 248 g/mol. The van der Waals surface area contributed by atoms with Gasteiger partial charge < -0.3 is 19.6 Å². The van der Waals surface area contributed by atoms with Crippen LogP contribution in [0.1, 0.15) is 16.1 Å². The number of anilines is 2. The summed E-state index contributed by atoms with van der Waals surface area (Å²) in [5, 5.41) is 11.6. The van der Waals surface area contributed by atoms with Crippen LogP contribution >= 0.6 is 0 Å². The molecule has 0 bridgehead atoms. The summed E-state index contributed by atoms with van der Waals surface area (Å²) in [6.45, 7) is 1.89. The van der Waals surface area contributed by atoms with Gasteiger partial charge in [-0.1, -0.05) is 0 Å². The molecule has 0 aliphatic rings. The Morgan fingerprint density at radius 3 is 2.83 bits per heavy atom. The molecule has 18 heavy (non-hydrogen) atoms. The van der Waals surface area contributed by atoms with Crippen molar-refractivity contribution in [1.29, 1.82) is 0 Å². The Bertz CT molecular complexity index is 577. The lowest BCUT2D eigenvalue weighted by atomic mass is 10.2. The average Bonchev–Trinajstić information content (AvgIpc) is 2.80. The minimum Gasteiger partial charge on any atom is -0.497 e. The lowest BCUT2D eigenvalue weighted by Gasteiger charge is -2.07. The SMILES string of the molecule is COc1ccc(Nc2nc(C(=O)O)co2)c(C)c1. The van der Waals surface area contributed by atoms with Gasteiger partial charge in [0, 0.05) is 5.69 Å². The molecule has 0 atom stereocenters. The van der Waals surface area contributed by atoms with Gasteiger partial charge in [-0.05, 0) is 30.7 Å². The predicted octanol–water partition coefficient (Wildman–Crippen LogP) is 2.43. The van der Waals surface area contributed by atoms with Crippen LogP contribution in [0.2, 0.25) is 0 Å². The Labute approximate surface area is 103 Å². The molecule has 6 nitrogen and oxygen atoms in total. The number of rotatable bonds is 4. The highest BCUT2D eigenvalue weighted by molar-refractivity contribution is 5.85. The number of benzene rings is 1. The zero-order valence-corrected chi connectivity index (χ0v) is 9.93. The summed E-state index contributed by atoms with van der Waals surface area (Å²) in [6, 6.07) is 5.58. The molecule has 0 saturated heterocycles. The van der Waals surface area contributed by atoms with Gasteiger partial charge in [-0.25, -0.2) is 4.79 Å². The molecular weight excluding hydrogens is 236 g/mol. The standard InChI is InChI=1S/C12H12N2O4/c1-7-5-8(17-2)3-4-9(7)13-12-14-10(6-18-12)11(15)16/h3-6H,1-2H3,(H,13,14)(H,15,16). The van der Waals surface area contributed by atoms with E-state index in [-0.39, 0.29) is 11.7 Å². The van der Waals surface area contributed by atoms with Crippen LogP contribution < -0.4 is 10.1 Å². The number of nitrogens with zero attached hydrogens (tertiary/aromatic N) is 1. The number of ether oxygens (including phenoxy) is 1. The predicted molar refractivity (Wildman–Crippen MR) is 64.5 cm³/mol. The highest BCUT2D eigenvalue weighted by atomic mass is 16.5. The Morgan fingerprint density at radius 2 is 2.28 bits per heavy atom. The quantitative estimate of drug-likeness (QED) is 0.864. The molecule has 1 heterocycles. The second kappa shape index (κ2) is 4.79. The largest absolute Gasteiger partial charge is 0.497 e. The van der Waals surface area contributed by atoms with Crippen molar-refractivity contribution in [1.82, 2.24) is 4.98 Å². The van der Waals surface area contributed by atoms with Crippen LogP contribution in [-0.2, 0) is 0 Å². The van der Waals surface area contributed by atoms with Crippen molar-refractivity contribution in [3.05, 3.63) is 35.7 Å². The van der Waals surface area contributed by atoms with Crippen LogP contribution in [0.4, 0.5) is 11.7 Å². The molecule has 1 aromatic carbocycles. The number of carboxylic acids is 1. The van der Waals surface area contributed by atoms with E-state index in [0.717, 1.165) is 23.3 Å². The van der Waals surface area contributed by atoms with Crippen LogP contribution in [0.15, 0.2) is 28.9 Å². The fourth-order valence-corrected chi connectivity index (χ4v) is 1.45. The highest BCUT2D eigenvalue weighted by Gasteiger charge is 2.11. The Morgan fingerprint density at radius 1 is 1.50 bits per heavy atom. The lowest BCUT2D eigenvalue weighted by molar-refractivity contribution is 0.0690. The molecule has 0 aliphatic carbocycles. The van der Waals surface area contributed by atoms with E-state index >= 15 is 0 Å². The third-order valence-electron chi connectivity index (χ3n) is 2.40. The van der Waals surface area contributed by atoms with E-state index < -0.39 is 5.97 Å². The van der Waals surface area contributed by atoms with E-state index in [9.17, 15) is 4.79 Å². The zero-order chi connectivity index (χ0) is 13.1. The first kappa shape index (κ1) is 12.0. The van der Waals surface area contributed by atoms with Crippen molar-refractivity contribution < 1.29 is 19.1 Å². The second-order valence-electron chi connectivity index (χ2n) is 3.65. The summed E-state index contributed by atoms with van der Waals surface area (Å²) < 4.78 is 10.1. The van der Waals surface area contributed by atoms with E-state index in [4.69, 9.17) is 14.3 Å². The van der Waals surface area contributed by atoms with E-state index in [1.165, 1.54) is 0 Å². The van der Waals surface area contributed by atoms with Crippen LogP contribution in [0.3, 0.4) is 0 Å². The highest BCUT2D eigenvalue weighted by Crippen LogP contribution is 2.24. The van der Waals surface area contributed by atoms with Crippen molar-refractivity contribution in [3.63, 3.8) is 0 Å². The molecule has 0 fully saturated rings. The number of aromatic nitrogens is 1. The first-order valence-electron chi connectivity index (χ1n) is 5.20. The maximum Gasteiger partial charge on any atom is 0.357 e. The summed E-state index contributed by atoms with van der Waals surface area (Å²) in [5.74, 6) is -0.380. The second-order valence-corrected chi connectivity index (χ2v) is 3.65. The molecule has 0 aliphatic heterocycles. The zero-order valence-electron chi connectivity index (χ0n) is 9.93. The van der Waals surface area contributed by atoms with E-state index in [1.54, 1.807) is 19.2 Å². The molecular formula is C12H12N2O4. The normalized spacial score (nSPS) is 10.1. The Kier molecular flexibility index (Phi) is 3.18. The molecule has 0 radical (unpaired) electrons. The Hall–Kier alpha value is -2.50. The Balaban J connectivity index is 2.20. The summed E-state index contributed by atoms with van der Waals surface area (Å²) in [7, 11) is 1.59. The number of carbonyl (C=O) groups is 1. The van der Waals surface area contributed by atoms with Gasteiger partial charge in [0.2, 0.25) is 0 Å². The topological polar surface area (TPSA) is 84.6 Å². The summed E-state index contributed by atoms with van der Waals surface area (Å²) in [4.78, 5) is 14.4. The van der Waals surface area contributed by atoms with Crippen molar-refractivity contribution in [2.45, 2.75) is 6.92 Å². The molecule has 0 saturated carbocycles. The summed E-state index contributed by atoms with van der Waals surface area (Å²) in [6.07, 6.45) is 1.09. The molecule has 2 N–H and O–H groups in total. The van der Waals surface area contributed by atoms with Gasteiger partial charge in [0.1, 0.15) is 12.0 Å². The van der Waals surface area contributed by atoms with Crippen LogP contribution in [0, 0.1) is 6.92 Å². The number of aromatic carboxylic acids is 1. The van der Waals surface area contributed by atoms with E-state index in [1.807, 2.05) is 13.0 Å². The molecule has 2 rings (SSSR count). The fourth-order valence-electron chi connectivity index (χ4n) is 1.45. The van der Waals surface area contributed by atoms with E-state index in [0.29, 0.717) is 0 Å². The third kappa shape index (κ3) is 2.42. The number of carboxylic acid groups (broad SMARTS) is 1. The fraction of sp³-hybridized carbons (Fsp3) is 0.167. The minimum absolute atomic E-state index is 0.135. The first-order valence-corrected chi connectivity index (χ1v) is 5.20. The molecule has 0 spiro atoms. The van der Waals surface area contributed by atoms with Crippen molar-refractivity contribution in [3.8, 4) is 5.75 Å². The van der Waals surface area contributed by atoms with Gasteiger partial charge in [-0.2, -0.15) is 4.98 Å².